The Bertz CT molecular complexity index is 422. The molecular weight excluding hydrogens is 272 g/mol. The minimum atomic E-state index is -0.294. The van der Waals surface area contributed by atoms with Crippen LogP contribution in [0.3, 0.4) is 0 Å². The molecule has 0 radical (unpaired) electrons. The molecule has 1 aromatic rings. The van der Waals surface area contributed by atoms with E-state index >= 15 is 0 Å². The minimum Gasteiger partial charge on any atom is -0.393 e. The van der Waals surface area contributed by atoms with Gasteiger partial charge >= 0.3 is 0 Å². The Labute approximate surface area is 127 Å². The normalized spacial score (nSPS) is 19.0. The molecule has 114 valence electrons. The van der Waals surface area contributed by atoms with Gasteiger partial charge in [-0.3, -0.25) is 4.68 Å². The number of hydrogen-bond acceptors (Lipinski definition) is 2. The number of halogens is 1. The molecule has 1 atom stereocenters. The number of aryl methyl sites for hydroxylation is 2. The number of aliphatic hydroxyl groups excluding tert-OH is 1. The predicted octanol–water partition coefficient (Wildman–Crippen LogP) is 4.13. The van der Waals surface area contributed by atoms with Crippen molar-refractivity contribution >= 4 is 11.6 Å². The third-order valence-electron chi connectivity index (χ3n) is 4.46. The third-order valence-corrected chi connectivity index (χ3v) is 4.95. The number of rotatable bonds is 5. The SMILES string of the molecule is CCn1nc(C)c(Cl)c1CC(O)CC1CCCCCC1. The van der Waals surface area contributed by atoms with E-state index in [2.05, 4.69) is 12.0 Å². The second-order valence-electron chi connectivity index (χ2n) is 6.11. The fraction of sp³-hybridized carbons (Fsp3) is 0.812. The zero-order valence-electron chi connectivity index (χ0n) is 12.7. The van der Waals surface area contributed by atoms with Crippen molar-refractivity contribution in [2.75, 3.05) is 0 Å². The van der Waals surface area contributed by atoms with E-state index in [9.17, 15) is 5.11 Å². The number of aromatic nitrogens is 2. The van der Waals surface area contributed by atoms with Crippen molar-refractivity contribution in [3.8, 4) is 0 Å². The van der Waals surface area contributed by atoms with E-state index in [-0.39, 0.29) is 6.10 Å². The number of hydrogen-bond donors (Lipinski definition) is 1. The number of aliphatic hydroxyl groups is 1. The van der Waals surface area contributed by atoms with Crippen LogP contribution in [0.15, 0.2) is 0 Å². The van der Waals surface area contributed by atoms with E-state index < -0.39 is 0 Å². The van der Waals surface area contributed by atoms with Gasteiger partial charge in [0.25, 0.3) is 0 Å². The van der Waals surface area contributed by atoms with Gasteiger partial charge in [0, 0.05) is 13.0 Å². The molecule has 0 amide bonds. The molecule has 1 N–H and O–H groups in total. The Kier molecular flexibility index (Phi) is 5.91. The van der Waals surface area contributed by atoms with E-state index in [0.29, 0.717) is 12.3 Å². The van der Waals surface area contributed by atoms with Crippen LogP contribution >= 0.6 is 11.6 Å². The van der Waals surface area contributed by atoms with Crippen LogP contribution < -0.4 is 0 Å². The lowest BCUT2D eigenvalue weighted by molar-refractivity contribution is 0.135. The molecule has 1 aromatic heterocycles. The van der Waals surface area contributed by atoms with Crippen molar-refractivity contribution < 1.29 is 5.11 Å². The molecule has 1 heterocycles. The molecule has 0 aliphatic heterocycles. The molecular formula is C16H27ClN2O. The van der Waals surface area contributed by atoms with Crippen LogP contribution in [0.4, 0.5) is 0 Å². The van der Waals surface area contributed by atoms with Crippen molar-refractivity contribution in [3.63, 3.8) is 0 Å². The predicted molar refractivity (Wildman–Crippen MR) is 83.2 cm³/mol. The smallest absolute Gasteiger partial charge is 0.0848 e. The van der Waals surface area contributed by atoms with Crippen LogP contribution in [0, 0.1) is 12.8 Å². The van der Waals surface area contributed by atoms with Gasteiger partial charge in [0.15, 0.2) is 0 Å². The quantitative estimate of drug-likeness (QED) is 0.830. The monoisotopic (exact) mass is 298 g/mol. The first-order chi connectivity index (χ1) is 9.61. The zero-order valence-corrected chi connectivity index (χ0v) is 13.5. The molecule has 2 rings (SSSR count). The minimum absolute atomic E-state index is 0.294. The Balaban J connectivity index is 1.95. The summed E-state index contributed by atoms with van der Waals surface area (Å²) < 4.78 is 1.92. The lowest BCUT2D eigenvalue weighted by Gasteiger charge is -2.19. The topological polar surface area (TPSA) is 38.0 Å². The van der Waals surface area contributed by atoms with Crippen LogP contribution in [0.25, 0.3) is 0 Å². The van der Waals surface area contributed by atoms with Gasteiger partial charge < -0.3 is 5.11 Å². The summed E-state index contributed by atoms with van der Waals surface area (Å²) in [5, 5.41) is 15.5. The summed E-state index contributed by atoms with van der Waals surface area (Å²) in [5.74, 6) is 0.686. The Hall–Kier alpha value is -0.540. The van der Waals surface area contributed by atoms with E-state index in [4.69, 9.17) is 11.6 Å². The van der Waals surface area contributed by atoms with Gasteiger partial charge in [-0.25, -0.2) is 0 Å². The van der Waals surface area contributed by atoms with E-state index in [1.807, 2.05) is 11.6 Å². The maximum atomic E-state index is 10.4. The Morgan fingerprint density at radius 1 is 1.30 bits per heavy atom. The molecule has 3 nitrogen and oxygen atoms in total. The molecule has 1 fully saturated rings. The highest BCUT2D eigenvalue weighted by molar-refractivity contribution is 6.31. The van der Waals surface area contributed by atoms with Crippen LogP contribution in [-0.2, 0) is 13.0 Å². The molecule has 20 heavy (non-hydrogen) atoms. The first kappa shape index (κ1) is 15.8. The highest BCUT2D eigenvalue weighted by Gasteiger charge is 2.20. The van der Waals surface area contributed by atoms with Gasteiger partial charge in [-0.2, -0.15) is 5.10 Å². The molecule has 0 spiro atoms. The van der Waals surface area contributed by atoms with Crippen LogP contribution in [0.1, 0.15) is 63.3 Å². The van der Waals surface area contributed by atoms with E-state index in [1.165, 1.54) is 38.5 Å². The fourth-order valence-corrected chi connectivity index (χ4v) is 3.57. The summed E-state index contributed by atoms with van der Waals surface area (Å²) in [7, 11) is 0. The van der Waals surface area contributed by atoms with E-state index in [1.54, 1.807) is 0 Å². The van der Waals surface area contributed by atoms with Gasteiger partial charge in [0.2, 0.25) is 0 Å². The maximum Gasteiger partial charge on any atom is 0.0848 e. The molecule has 1 unspecified atom stereocenters. The summed E-state index contributed by atoms with van der Waals surface area (Å²) in [4.78, 5) is 0. The van der Waals surface area contributed by atoms with Gasteiger partial charge in [-0.05, 0) is 26.2 Å². The maximum absolute atomic E-state index is 10.4. The second kappa shape index (κ2) is 7.46. The van der Waals surface area contributed by atoms with Crippen molar-refractivity contribution in [3.05, 3.63) is 16.4 Å². The second-order valence-corrected chi connectivity index (χ2v) is 6.49. The van der Waals surface area contributed by atoms with Gasteiger partial charge in [-0.15, -0.1) is 0 Å². The molecule has 0 saturated heterocycles. The first-order valence-corrected chi connectivity index (χ1v) is 8.39. The van der Waals surface area contributed by atoms with Crippen molar-refractivity contribution in [1.82, 2.24) is 9.78 Å². The summed E-state index contributed by atoms with van der Waals surface area (Å²) in [6, 6.07) is 0. The van der Waals surface area contributed by atoms with Crippen molar-refractivity contribution in [1.29, 1.82) is 0 Å². The fourth-order valence-electron chi connectivity index (χ4n) is 3.35. The standard InChI is InChI=1S/C16H27ClN2O/c1-3-19-15(16(17)12(2)18-19)11-14(20)10-13-8-6-4-5-7-9-13/h13-14,20H,3-11H2,1-2H3. The molecule has 1 aliphatic carbocycles. The molecule has 0 aromatic carbocycles. The van der Waals surface area contributed by atoms with Crippen LogP contribution in [0.2, 0.25) is 5.02 Å². The summed E-state index contributed by atoms with van der Waals surface area (Å²) in [5.41, 5.74) is 1.86. The molecule has 1 aliphatic rings. The molecule has 4 heteroatoms. The van der Waals surface area contributed by atoms with Crippen molar-refractivity contribution in [2.24, 2.45) is 5.92 Å². The zero-order chi connectivity index (χ0) is 14.5. The first-order valence-electron chi connectivity index (χ1n) is 8.01. The largest absolute Gasteiger partial charge is 0.393 e. The average Bonchev–Trinajstić information content (AvgIpc) is 2.64. The summed E-state index contributed by atoms with van der Waals surface area (Å²) in [6.07, 6.45) is 9.16. The highest BCUT2D eigenvalue weighted by Crippen LogP contribution is 2.28. The summed E-state index contributed by atoms with van der Waals surface area (Å²) >= 11 is 6.31. The van der Waals surface area contributed by atoms with Crippen LogP contribution in [-0.4, -0.2) is 21.0 Å². The van der Waals surface area contributed by atoms with E-state index in [0.717, 1.165) is 29.4 Å². The lowest BCUT2D eigenvalue weighted by atomic mass is 9.92. The van der Waals surface area contributed by atoms with Gasteiger partial charge in [0.1, 0.15) is 0 Å². The Morgan fingerprint density at radius 3 is 2.55 bits per heavy atom. The third kappa shape index (κ3) is 3.98. The van der Waals surface area contributed by atoms with Crippen molar-refractivity contribution in [2.45, 2.75) is 77.9 Å². The molecule has 0 bridgehead atoms. The van der Waals surface area contributed by atoms with Crippen LogP contribution in [0.5, 0.6) is 0 Å². The van der Waals surface area contributed by atoms with Gasteiger partial charge in [-0.1, -0.05) is 50.1 Å². The lowest BCUT2D eigenvalue weighted by Crippen LogP contribution is -2.18. The number of nitrogens with zero attached hydrogens (tertiary/aromatic N) is 2. The molecule has 1 saturated carbocycles. The Morgan fingerprint density at radius 2 is 1.95 bits per heavy atom. The van der Waals surface area contributed by atoms with Gasteiger partial charge in [0.05, 0.1) is 22.5 Å². The highest BCUT2D eigenvalue weighted by atomic mass is 35.5. The summed E-state index contributed by atoms with van der Waals surface area (Å²) in [6.45, 7) is 4.79. The average molecular weight is 299 g/mol.